The topological polar surface area (TPSA) is 80.0 Å². The van der Waals surface area contributed by atoms with E-state index in [1.807, 2.05) is 6.07 Å². The van der Waals surface area contributed by atoms with E-state index in [1.54, 1.807) is 24.5 Å². The van der Waals surface area contributed by atoms with Gasteiger partial charge in [-0.15, -0.1) is 0 Å². The minimum Gasteiger partial charge on any atom is -0.355 e. The summed E-state index contributed by atoms with van der Waals surface area (Å²) in [6.45, 7) is 2.58. The van der Waals surface area contributed by atoms with Crippen molar-refractivity contribution in [2.24, 2.45) is 5.92 Å². The van der Waals surface area contributed by atoms with Crippen LogP contribution in [0.5, 0.6) is 0 Å². The Kier molecular flexibility index (Phi) is 3.24. The van der Waals surface area contributed by atoms with E-state index in [1.165, 1.54) is 0 Å². The Bertz CT molecular complexity index is 563. The Labute approximate surface area is 110 Å². The van der Waals surface area contributed by atoms with E-state index in [-0.39, 0.29) is 5.91 Å². The molecule has 3 rings (SSSR count). The maximum atomic E-state index is 11.9. The van der Waals surface area contributed by atoms with Crippen molar-refractivity contribution in [3.63, 3.8) is 0 Å². The van der Waals surface area contributed by atoms with Gasteiger partial charge in [0.15, 0.2) is 11.5 Å². The zero-order valence-electron chi connectivity index (χ0n) is 10.3. The smallest absolute Gasteiger partial charge is 0.273 e. The average Bonchev–Trinajstić information content (AvgIpc) is 2.87. The molecule has 0 saturated carbocycles. The fraction of sp³-hybridized carbons (Fsp3) is 0.308. The van der Waals surface area contributed by atoms with E-state index in [0.29, 0.717) is 23.9 Å². The maximum absolute atomic E-state index is 11.9. The maximum Gasteiger partial charge on any atom is 0.273 e. The lowest BCUT2D eigenvalue weighted by molar-refractivity contribution is 0.0933. The predicted molar refractivity (Wildman–Crippen MR) is 68.4 cm³/mol. The van der Waals surface area contributed by atoms with Gasteiger partial charge >= 0.3 is 0 Å². The van der Waals surface area contributed by atoms with Gasteiger partial charge in [-0.3, -0.25) is 9.78 Å². The lowest BCUT2D eigenvalue weighted by atomic mass is 10.0. The van der Waals surface area contributed by atoms with E-state index in [2.05, 4.69) is 20.8 Å². The molecule has 0 radical (unpaired) electrons. The van der Waals surface area contributed by atoms with Crippen LogP contribution in [0.3, 0.4) is 0 Å². The van der Waals surface area contributed by atoms with Gasteiger partial charge in [0.05, 0.1) is 0 Å². The van der Waals surface area contributed by atoms with Crippen LogP contribution in [0.2, 0.25) is 0 Å². The molecule has 1 aliphatic heterocycles. The van der Waals surface area contributed by atoms with Gasteiger partial charge in [-0.05, 0) is 12.1 Å². The normalized spacial score (nSPS) is 14.9. The number of pyridine rings is 1. The highest BCUT2D eigenvalue weighted by Crippen LogP contribution is 2.18. The highest BCUT2D eigenvalue weighted by atomic mass is 16.5. The second kappa shape index (κ2) is 5.19. The number of hydrogen-bond acceptors (Lipinski definition) is 5. The Morgan fingerprint density at radius 1 is 1.53 bits per heavy atom. The first-order valence-electron chi connectivity index (χ1n) is 6.19. The monoisotopic (exact) mass is 258 g/mol. The van der Waals surface area contributed by atoms with Gasteiger partial charge in [0.2, 0.25) is 0 Å². The standard InChI is InChI=1S/C13H14N4O2/c18-13(16-7-9-5-15-6-9)11-4-12(19-17-11)10-2-1-3-14-8-10/h1-4,8-9,15H,5-7H2,(H,16,18). The fourth-order valence-corrected chi connectivity index (χ4v) is 1.85. The highest BCUT2D eigenvalue weighted by molar-refractivity contribution is 5.93. The molecule has 6 heteroatoms. The third kappa shape index (κ3) is 2.63. The van der Waals surface area contributed by atoms with Crippen LogP contribution in [-0.4, -0.2) is 35.7 Å². The first-order chi connectivity index (χ1) is 9.33. The number of nitrogens with one attached hydrogen (secondary N) is 2. The second-order valence-corrected chi connectivity index (χ2v) is 4.55. The van der Waals surface area contributed by atoms with E-state index >= 15 is 0 Å². The zero-order chi connectivity index (χ0) is 13.1. The first-order valence-corrected chi connectivity index (χ1v) is 6.19. The van der Waals surface area contributed by atoms with Crippen molar-refractivity contribution in [2.45, 2.75) is 0 Å². The van der Waals surface area contributed by atoms with E-state index in [0.717, 1.165) is 18.7 Å². The third-order valence-electron chi connectivity index (χ3n) is 3.11. The Morgan fingerprint density at radius 3 is 3.11 bits per heavy atom. The lowest BCUT2D eigenvalue weighted by Crippen LogP contribution is -2.48. The van der Waals surface area contributed by atoms with Crippen LogP contribution >= 0.6 is 0 Å². The summed E-state index contributed by atoms with van der Waals surface area (Å²) in [5, 5.41) is 9.79. The van der Waals surface area contributed by atoms with Gasteiger partial charge in [-0.1, -0.05) is 5.16 Å². The summed E-state index contributed by atoms with van der Waals surface area (Å²) in [5.74, 6) is 0.864. The molecule has 0 aliphatic carbocycles. The summed E-state index contributed by atoms with van der Waals surface area (Å²) in [4.78, 5) is 15.9. The molecule has 1 saturated heterocycles. The van der Waals surface area contributed by atoms with Crippen LogP contribution in [0, 0.1) is 5.92 Å². The molecule has 0 spiro atoms. The predicted octanol–water partition coefficient (Wildman–Crippen LogP) is 0.686. The van der Waals surface area contributed by atoms with Gasteiger partial charge in [0, 0.05) is 49.6 Å². The number of carbonyl (C=O) groups is 1. The van der Waals surface area contributed by atoms with Gasteiger partial charge in [0.1, 0.15) is 0 Å². The molecule has 98 valence electrons. The van der Waals surface area contributed by atoms with E-state index in [4.69, 9.17) is 4.52 Å². The molecular formula is C13H14N4O2. The molecule has 2 aromatic rings. The molecule has 2 N–H and O–H groups in total. The van der Waals surface area contributed by atoms with Crippen molar-refractivity contribution in [2.75, 3.05) is 19.6 Å². The largest absolute Gasteiger partial charge is 0.355 e. The number of hydrogen-bond donors (Lipinski definition) is 2. The summed E-state index contributed by atoms with van der Waals surface area (Å²) in [6.07, 6.45) is 3.35. The SMILES string of the molecule is O=C(NCC1CNC1)c1cc(-c2cccnc2)on1. The van der Waals surface area contributed by atoms with Gasteiger partial charge in [-0.2, -0.15) is 0 Å². The molecule has 3 heterocycles. The minimum absolute atomic E-state index is 0.203. The average molecular weight is 258 g/mol. The Hall–Kier alpha value is -2.21. The lowest BCUT2D eigenvalue weighted by Gasteiger charge is -2.26. The van der Waals surface area contributed by atoms with Crippen LogP contribution < -0.4 is 10.6 Å². The second-order valence-electron chi connectivity index (χ2n) is 4.55. The third-order valence-corrected chi connectivity index (χ3v) is 3.11. The molecule has 6 nitrogen and oxygen atoms in total. The van der Waals surface area contributed by atoms with Gasteiger partial charge in [-0.25, -0.2) is 0 Å². The molecule has 0 bridgehead atoms. The number of carbonyl (C=O) groups excluding carboxylic acids is 1. The minimum atomic E-state index is -0.203. The molecule has 0 unspecified atom stereocenters. The van der Waals surface area contributed by atoms with Crippen molar-refractivity contribution >= 4 is 5.91 Å². The van der Waals surface area contributed by atoms with E-state index in [9.17, 15) is 4.79 Å². The van der Waals surface area contributed by atoms with Crippen LogP contribution in [0.25, 0.3) is 11.3 Å². The summed E-state index contributed by atoms with van der Waals surface area (Å²) in [7, 11) is 0. The number of nitrogens with zero attached hydrogens (tertiary/aromatic N) is 2. The van der Waals surface area contributed by atoms with E-state index < -0.39 is 0 Å². The van der Waals surface area contributed by atoms with Gasteiger partial charge < -0.3 is 15.2 Å². The molecule has 1 aliphatic rings. The van der Waals surface area contributed by atoms with Crippen molar-refractivity contribution in [3.8, 4) is 11.3 Å². The van der Waals surface area contributed by atoms with Crippen molar-refractivity contribution in [1.29, 1.82) is 0 Å². The summed E-state index contributed by atoms with van der Waals surface area (Å²) < 4.78 is 5.16. The number of rotatable bonds is 4. The number of amides is 1. The molecule has 19 heavy (non-hydrogen) atoms. The molecule has 0 atom stereocenters. The first kappa shape index (κ1) is 11.9. The van der Waals surface area contributed by atoms with Crippen LogP contribution in [0.15, 0.2) is 35.1 Å². The summed E-state index contributed by atoms with van der Waals surface area (Å²) >= 11 is 0. The Morgan fingerprint density at radius 2 is 2.42 bits per heavy atom. The van der Waals surface area contributed by atoms with Crippen molar-refractivity contribution in [1.82, 2.24) is 20.8 Å². The van der Waals surface area contributed by atoms with Crippen LogP contribution in [0.4, 0.5) is 0 Å². The highest BCUT2D eigenvalue weighted by Gasteiger charge is 2.19. The molecule has 1 fully saturated rings. The van der Waals surface area contributed by atoms with Crippen LogP contribution in [-0.2, 0) is 0 Å². The Balaban J connectivity index is 1.65. The van der Waals surface area contributed by atoms with Crippen molar-refractivity contribution < 1.29 is 9.32 Å². The molecule has 1 amide bonds. The van der Waals surface area contributed by atoms with Crippen LogP contribution in [0.1, 0.15) is 10.5 Å². The van der Waals surface area contributed by atoms with Crippen molar-refractivity contribution in [3.05, 3.63) is 36.3 Å². The molecule has 2 aromatic heterocycles. The summed E-state index contributed by atoms with van der Waals surface area (Å²) in [6, 6.07) is 5.29. The fourth-order valence-electron chi connectivity index (χ4n) is 1.85. The quantitative estimate of drug-likeness (QED) is 0.843. The summed E-state index contributed by atoms with van der Waals surface area (Å²) in [5.41, 5.74) is 1.10. The zero-order valence-corrected chi connectivity index (χ0v) is 10.3. The molecule has 0 aromatic carbocycles. The molecular weight excluding hydrogens is 244 g/mol. The number of aromatic nitrogens is 2. The van der Waals surface area contributed by atoms with Gasteiger partial charge in [0.25, 0.3) is 5.91 Å².